The van der Waals surface area contributed by atoms with Crippen molar-refractivity contribution >= 4 is 40.8 Å². The molecule has 28 heavy (non-hydrogen) atoms. The van der Waals surface area contributed by atoms with Gasteiger partial charge in [-0.3, -0.25) is 14.5 Å². The summed E-state index contributed by atoms with van der Waals surface area (Å²) >= 11 is 7.21. The fourth-order valence-electron chi connectivity index (χ4n) is 2.79. The number of nitrogens with zero attached hydrogens (tertiary/aromatic N) is 1. The predicted octanol–water partition coefficient (Wildman–Crippen LogP) is 5.19. The van der Waals surface area contributed by atoms with E-state index in [1.54, 1.807) is 42.5 Å². The molecule has 0 aromatic heterocycles. The van der Waals surface area contributed by atoms with Gasteiger partial charge in [-0.1, -0.05) is 41.6 Å². The number of amides is 2. The summed E-state index contributed by atoms with van der Waals surface area (Å²) in [5, 5.41) is 0.612. The molecule has 0 saturated heterocycles. The average molecular weight is 414 g/mol. The maximum absolute atomic E-state index is 13.0. The Kier molecular flexibility index (Phi) is 6.27. The number of ether oxygens (including phenoxy) is 1. The molecule has 2 amide bonds. The van der Waals surface area contributed by atoms with Gasteiger partial charge in [0.1, 0.15) is 5.75 Å². The summed E-state index contributed by atoms with van der Waals surface area (Å²) in [4.78, 5) is 28.3. The first-order valence-electron chi connectivity index (χ1n) is 8.82. The van der Waals surface area contributed by atoms with E-state index in [1.165, 1.54) is 16.7 Å². The molecule has 2 aromatic rings. The highest BCUT2D eigenvalue weighted by Crippen LogP contribution is 2.40. The molecular formula is C22H20ClNO3S. The predicted molar refractivity (Wildman–Crippen MR) is 113 cm³/mol. The molecule has 4 nitrogen and oxygen atoms in total. The van der Waals surface area contributed by atoms with Crippen molar-refractivity contribution in [2.75, 3.05) is 6.54 Å². The average Bonchev–Trinajstić information content (AvgIpc) is 2.89. The van der Waals surface area contributed by atoms with Gasteiger partial charge < -0.3 is 4.74 Å². The molecule has 6 heteroatoms. The summed E-state index contributed by atoms with van der Waals surface area (Å²) in [6, 6.07) is 14.4. The lowest BCUT2D eigenvalue weighted by atomic mass is 10.1. The molecule has 0 N–H and O–H groups in total. The van der Waals surface area contributed by atoms with Gasteiger partial charge >= 0.3 is 0 Å². The topological polar surface area (TPSA) is 46.6 Å². The molecule has 3 rings (SSSR count). The van der Waals surface area contributed by atoms with E-state index in [2.05, 4.69) is 6.58 Å². The van der Waals surface area contributed by atoms with Crippen LogP contribution in [0.3, 0.4) is 0 Å². The van der Waals surface area contributed by atoms with Crippen LogP contribution in [0.15, 0.2) is 71.0 Å². The Hall–Kier alpha value is -2.50. The molecule has 1 heterocycles. The Labute approximate surface area is 173 Å². The van der Waals surface area contributed by atoms with Crippen molar-refractivity contribution in [1.29, 1.82) is 0 Å². The van der Waals surface area contributed by atoms with Crippen LogP contribution < -0.4 is 4.74 Å². The van der Waals surface area contributed by atoms with E-state index in [9.17, 15) is 9.59 Å². The van der Waals surface area contributed by atoms with Crippen LogP contribution in [0.25, 0.3) is 5.57 Å². The van der Waals surface area contributed by atoms with Gasteiger partial charge in [0.25, 0.3) is 11.8 Å². The van der Waals surface area contributed by atoms with Crippen LogP contribution in [0.4, 0.5) is 0 Å². The molecule has 0 bridgehead atoms. The summed E-state index contributed by atoms with van der Waals surface area (Å²) in [6.45, 7) is 7.71. The first-order valence-corrected chi connectivity index (χ1v) is 10.0. The Balaban J connectivity index is 2.00. The van der Waals surface area contributed by atoms with Crippen molar-refractivity contribution in [1.82, 2.24) is 4.90 Å². The Morgan fingerprint density at radius 2 is 1.71 bits per heavy atom. The van der Waals surface area contributed by atoms with Crippen molar-refractivity contribution in [3.63, 3.8) is 0 Å². The number of hydrogen-bond donors (Lipinski definition) is 0. The van der Waals surface area contributed by atoms with Crippen molar-refractivity contribution < 1.29 is 14.3 Å². The van der Waals surface area contributed by atoms with Crippen LogP contribution in [0, 0.1) is 0 Å². The van der Waals surface area contributed by atoms with E-state index < -0.39 is 0 Å². The number of halogens is 1. The molecule has 0 spiro atoms. The van der Waals surface area contributed by atoms with Crippen LogP contribution in [-0.2, 0) is 9.59 Å². The van der Waals surface area contributed by atoms with E-state index >= 15 is 0 Å². The molecule has 2 aromatic carbocycles. The summed E-state index contributed by atoms with van der Waals surface area (Å²) < 4.78 is 5.66. The fourth-order valence-corrected chi connectivity index (χ4v) is 3.93. The normalized spacial score (nSPS) is 14.2. The smallest absolute Gasteiger partial charge is 0.268 e. The molecule has 0 fully saturated rings. The first-order chi connectivity index (χ1) is 13.4. The van der Waals surface area contributed by atoms with Crippen molar-refractivity contribution in [2.24, 2.45) is 0 Å². The molecule has 0 unspecified atom stereocenters. The highest BCUT2D eigenvalue weighted by Gasteiger charge is 2.38. The van der Waals surface area contributed by atoms with E-state index in [0.29, 0.717) is 26.8 Å². The van der Waals surface area contributed by atoms with Gasteiger partial charge in [-0.05, 0) is 55.8 Å². The molecule has 144 valence electrons. The third-order valence-electron chi connectivity index (χ3n) is 3.99. The standard InChI is InChI=1S/C22H20ClNO3S/c1-4-13-24-21(25)19(15-5-9-17(10-6-15)27-14(2)3)20(22(24)26)28-18-11-7-16(23)8-12-18/h4-12,14H,1,13H2,2-3H3. The van der Waals surface area contributed by atoms with E-state index in [0.717, 1.165) is 4.90 Å². The largest absolute Gasteiger partial charge is 0.491 e. The SMILES string of the molecule is C=CCN1C(=O)C(Sc2ccc(Cl)cc2)=C(c2ccc(OC(C)C)cc2)C1=O. The zero-order valence-electron chi connectivity index (χ0n) is 15.6. The lowest BCUT2D eigenvalue weighted by molar-refractivity contribution is -0.135. The van der Waals surface area contributed by atoms with E-state index in [4.69, 9.17) is 16.3 Å². The molecule has 1 aliphatic rings. The third kappa shape index (κ3) is 4.32. The summed E-state index contributed by atoms with van der Waals surface area (Å²) in [6.07, 6.45) is 1.60. The second-order valence-corrected chi connectivity index (χ2v) is 7.98. The quantitative estimate of drug-likeness (QED) is 0.463. The van der Waals surface area contributed by atoms with Gasteiger partial charge in [-0.25, -0.2) is 0 Å². The Bertz CT molecular complexity index is 933. The minimum absolute atomic E-state index is 0.0545. The van der Waals surface area contributed by atoms with Crippen LogP contribution in [0.1, 0.15) is 19.4 Å². The summed E-state index contributed by atoms with van der Waals surface area (Å²) in [5.41, 5.74) is 1.07. The zero-order valence-corrected chi connectivity index (χ0v) is 17.2. The number of carbonyl (C=O) groups excluding carboxylic acids is 2. The summed E-state index contributed by atoms with van der Waals surface area (Å²) in [7, 11) is 0. The lowest BCUT2D eigenvalue weighted by Crippen LogP contribution is -2.31. The maximum atomic E-state index is 13.0. The van der Waals surface area contributed by atoms with Crippen LogP contribution in [-0.4, -0.2) is 29.4 Å². The maximum Gasteiger partial charge on any atom is 0.268 e. The van der Waals surface area contributed by atoms with Gasteiger partial charge in [0.15, 0.2) is 0 Å². The second kappa shape index (κ2) is 8.67. The lowest BCUT2D eigenvalue weighted by Gasteiger charge is -2.12. The molecule has 0 atom stereocenters. The first kappa shape index (κ1) is 20.2. The molecular weight excluding hydrogens is 394 g/mol. The highest BCUT2D eigenvalue weighted by molar-refractivity contribution is 8.04. The molecule has 0 saturated carbocycles. The second-order valence-electron chi connectivity index (χ2n) is 6.46. The van der Waals surface area contributed by atoms with Crippen LogP contribution in [0.2, 0.25) is 5.02 Å². The third-order valence-corrected chi connectivity index (χ3v) is 5.33. The van der Waals surface area contributed by atoms with Crippen molar-refractivity contribution in [2.45, 2.75) is 24.8 Å². The Morgan fingerprint density at radius 1 is 1.07 bits per heavy atom. The van der Waals surface area contributed by atoms with Gasteiger partial charge in [0, 0.05) is 16.5 Å². The number of benzene rings is 2. The number of imide groups is 1. The fraction of sp³-hybridized carbons (Fsp3) is 0.182. The van der Waals surface area contributed by atoms with Gasteiger partial charge in [0.05, 0.1) is 16.6 Å². The van der Waals surface area contributed by atoms with Crippen molar-refractivity contribution in [3.05, 3.63) is 76.7 Å². The van der Waals surface area contributed by atoms with E-state index in [-0.39, 0.29) is 24.5 Å². The number of rotatable bonds is 7. The molecule has 0 aliphatic carbocycles. The van der Waals surface area contributed by atoms with Crippen LogP contribution >= 0.6 is 23.4 Å². The molecule has 0 radical (unpaired) electrons. The monoisotopic (exact) mass is 413 g/mol. The van der Waals surface area contributed by atoms with Gasteiger partial charge in [0.2, 0.25) is 0 Å². The highest BCUT2D eigenvalue weighted by atomic mass is 35.5. The van der Waals surface area contributed by atoms with Gasteiger partial charge in [-0.2, -0.15) is 0 Å². The summed E-state index contributed by atoms with van der Waals surface area (Å²) in [5.74, 6) is 0.0761. The van der Waals surface area contributed by atoms with E-state index in [1.807, 2.05) is 26.0 Å². The number of carbonyl (C=O) groups is 2. The van der Waals surface area contributed by atoms with Gasteiger partial charge in [-0.15, -0.1) is 6.58 Å². The number of hydrogen-bond acceptors (Lipinski definition) is 4. The number of thioether (sulfide) groups is 1. The molecule has 1 aliphatic heterocycles. The van der Waals surface area contributed by atoms with Crippen molar-refractivity contribution in [3.8, 4) is 5.75 Å². The minimum Gasteiger partial charge on any atom is -0.491 e. The minimum atomic E-state index is -0.320. The Morgan fingerprint density at radius 3 is 2.29 bits per heavy atom. The zero-order chi connectivity index (χ0) is 20.3. The van der Waals surface area contributed by atoms with Crippen LogP contribution in [0.5, 0.6) is 5.75 Å².